The minimum atomic E-state index is 0.245. The minimum absolute atomic E-state index is 0.245. The normalized spacial score (nSPS) is 23.3. The maximum atomic E-state index is 11.7. The molecule has 1 saturated heterocycles. The Bertz CT molecular complexity index is 235. The highest BCUT2D eigenvalue weighted by Gasteiger charge is 2.17. The number of unbranched alkanes of at least 4 members (excludes halogenated alkanes) is 5. The lowest BCUT2D eigenvalue weighted by Crippen LogP contribution is -2.41. The van der Waals surface area contributed by atoms with Gasteiger partial charge in [0.15, 0.2) is 0 Å². The molecule has 1 amide bonds. The fraction of sp³-hybridized carbons (Fsp3) is 0.938. The van der Waals surface area contributed by atoms with Gasteiger partial charge in [-0.15, -0.1) is 0 Å². The zero-order valence-electron chi connectivity index (χ0n) is 12.8. The van der Waals surface area contributed by atoms with Crippen molar-refractivity contribution in [1.82, 2.24) is 10.6 Å². The lowest BCUT2D eigenvalue weighted by molar-refractivity contribution is -0.121. The van der Waals surface area contributed by atoms with Gasteiger partial charge in [-0.2, -0.15) is 0 Å². The molecule has 2 atom stereocenters. The Kier molecular flexibility index (Phi) is 8.89. The first kappa shape index (κ1) is 16.5. The van der Waals surface area contributed by atoms with E-state index in [1.165, 1.54) is 44.9 Å². The Labute approximate surface area is 118 Å². The average molecular weight is 268 g/mol. The van der Waals surface area contributed by atoms with Crippen molar-refractivity contribution < 1.29 is 4.79 Å². The highest BCUT2D eigenvalue weighted by molar-refractivity contribution is 5.75. The number of hydrogen-bond donors (Lipinski definition) is 2. The molecular weight excluding hydrogens is 236 g/mol. The summed E-state index contributed by atoms with van der Waals surface area (Å²) in [5.74, 6) is 0.874. The summed E-state index contributed by atoms with van der Waals surface area (Å²) >= 11 is 0. The number of amides is 1. The van der Waals surface area contributed by atoms with Crippen LogP contribution in [0.15, 0.2) is 0 Å². The minimum Gasteiger partial charge on any atom is -0.356 e. The molecule has 0 aromatic carbocycles. The summed E-state index contributed by atoms with van der Waals surface area (Å²) in [6, 6.07) is 0.648. The monoisotopic (exact) mass is 268 g/mol. The molecule has 0 aromatic rings. The number of piperidine rings is 1. The average Bonchev–Trinajstić information content (AvgIpc) is 2.42. The van der Waals surface area contributed by atoms with Gasteiger partial charge in [-0.1, -0.05) is 39.0 Å². The van der Waals surface area contributed by atoms with Gasteiger partial charge in [-0.3, -0.25) is 4.79 Å². The molecule has 3 heteroatoms. The van der Waals surface area contributed by atoms with Crippen molar-refractivity contribution in [1.29, 1.82) is 0 Å². The Hall–Kier alpha value is -0.570. The van der Waals surface area contributed by atoms with Gasteiger partial charge in [0.25, 0.3) is 0 Å². The molecule has 0 aliphatic carbocycles. The van der Waals surface area contributed by atoms with Crippen LogP contribution in [0, 0.1) is 5.92 Å². The van der Waals surface area contributed by atoms with Crippen LogP contribution in [0.2, 0.25) is 0 Å². The number of hydrogen-bond acceptors (Lipinski definition) is 2. The van der Waals surface area contributed by atoms with Crippen LogP contribution in [0.4, 0.5) is 0 Å². The second-order valence-electron chi connectivity index (χ2n) is 6.07. The van der Waals surface area contributed by atoms with Gasteiger partial charge < -0.3 is 10.6 Å². The van der Waals surface area contributed by atoms with Crippen LogP contribution < -0.4 is 10.6 Å². The van der Waals surface area contributed by atoms with Gasteiger partial charge in [-0.25, -0.2) is 0 Å². The predicted molar refractivity (Wildman–Crippen MR) is 81.2 cm³/mol. The van der Waals surface area contributed by atoms with Gasteiger partial charge in [0, 0.05) is 19.0 Å². The van der Waals surface area contributed by atoms with E-state index in [1.807, 2.05) is 0 Å². The van der Waals surface area contributed by atoms with Crippen molar-refractivity contribution in [3.8, 4) is 0 Å². The maximum Gasteiger partial charge on any atom is 0.220 e. The molecule has 19 heavy (non-hydrogen) atoms. The number of carbonyl (C=O) groups is 1. The fourth-order valence-corrected chi connectivity index (χ4v) is 2.64. The lowest BCUT2D eigenvalue weighted by Gasteiger charge is -2.27. The van der Waals surface area contributed by atoms with E-state index in [9.17, 15) is 4.79 Å². The van der Waals surface area contributed by atoms with E-state index in [1.54, 1.807) is 0 Å². The molecular formula is C16H32N2O. The van der Waals surface area contributed by atoms with Crippen LogP contribution in [-0.4, -0.2) is 25.0 Å². The predicted octanol–water partition coefficient (Wildman–Crippen LogP) is 3.24. The zero-order valence-corrected chi connectivity index (χ0v) is 12.8. The van der Waals surface area contributed by atoms with Crippen molar-refractivity contribution in [2.45, 2.75) is 77.7 Å². The third-order valence-electron chi connectivity index (χ3n) is 4.11. The molecule has 1 aliphatic rings. The molecule has 0 aromatic heterocycles. The molecule has 1 rings (SSSR count). The molecule has 0 saturated carbocycles. The highest BCUT2D eigenvalue weighted by Crippen LogP contribution is 2.13. The topological polar surface area (TPSA) is 41.1 Å². The first-order valence-corrected chi connectivity index (χ1v) is 8.22. The van der Waals surface area contributed by atoms with Crippen LogP contribution >= 0.6 is 0 Å². The molecule has 1 fully saturated rings. The molecule has 0 bridgehead atoms. The fourth-order valence-electron chi connectivity index (χ4n) is 2.64. The van der Waals surface area contributed by atoms with Crippen LogP contribution in [-0.2, 0) is 4.79 Å². The third kappa shape index (κ3) is 8.25. The number of carbonyl (C=O) groups excluding carboxylic acids is 1. The van der Waals surface area contributed by atoms with Gasteiger partial charge >= 0.3 is 0 Å². The summed E-state index contributed by atoms with van der Waals surface area (Å²) in [5.41, 5.74) is 0. The van der Waals surface area contributed by atoms with E-state index in [2.05, 4.69) is 24.5 Å². The SMILES string of the molecule is CCCCCCCCC(=O)NCC1CCC(C)NC1. The van der Waals surface area contributed by atoms with E-state index in [4.69, 9.17) is 0 Å². The Morgan fingerprint density at radius 3 is 2.58 bits per heavy atom. The van der Waals surface area contributed by atoms with E-state index < -0.39 is 0 Å². The molecule has 3 nitrogen and oxygen atoms in total. The van der Waals surface area contributed by atoms with E-state index in [0.717, 1.165) is 19.5 Å². The van der Waals surface area contributed by atoms with Crippen LogP contribution in [0.25, 0.3) is 0 Å². The second kappa shape index (κ2) is 10.2. The van der Waals surface area contributed by atoms with Crippen LogP contribution in [0.5, 0.6) is 0 Å². The molecule has 0 spiro atoms. The van der Waals surface area contributed by atoms with E-state index >= 15 is 0 Å². The van der Waals surface area contributed by atoms with Crippen molar-refractivity contribution in [3.63, 3.8) is 0 Å². The van der Waals surface area contributed by atoms with Gasteiger partial charge in [0.1, 0.15) is 0 Å². The van der Waals surface area contributed by atoms with E-state index in [-0.39, 0.29) is 5.91 Å². The summed E-state index contributed by atoms with van der Waals surface area (Å²) in [5, 5.41) is 6.57. The van der Waals surface area contributed by atoms with Crippen molar-refractivity contribution in [2.75, 3.05) is 13.1 Å². The first-order chi connectivity index (χ1) is 9.22. The lowest BCUT2D eigenvalue weighted by atomic mass is 9.95. The summed E-state index contributed by atoms with van der Waals surface area (Å²) < 4.78 is 0. The maximum absolute atomic E-state index is 11.7. The number of rotatable bonds is 9. The summed E-state index contributed by atoms with van der Waals surface area (Å²) in [6.07, 6.45) is 10.7. The van der Waals surface area contributed by atoms with Crippen molar-refractivity contribution >= 4 is 5.91 Å². The highest BCUT2D eigenvalue weighted by atomic mass is 16.1. The third-order valence-corrected chi connectivity index (χ3v) is 4.11. The summed E-state index contributed by atoms with van der Waals surface area (Å²) in [4.78, 5) is 11.7. The van der Waals surface area contributed by atoms with Gasteiger partial charge in [-0.05, 0) is 38.6 Å². The Morgan fingerprint density at radius 1 is 1.16 bits per heavy atom. The summed E-state index contributed by atoms with van der Waals surface area (Å²) in [6.45, 7) is 6.37. The first-order valence-electron chi connectivity index (χ1n) is 8.22. The molecule has 0 radical (unpaired) electrons. The Balaban J connectivity index is 1.93. The molecule has 2 N–H and O–H groups in total. The summed E-state index contributed by atoms with van der Waals surface area (Å²) in [7, 11) is 0. The smallest absolute Gasteiger partial charge is 0.220 e. The molecule has 112 valence electrons. The van der Waals surface area contributed by atoms with Crippen LogP contribution in [0.1, 0.15) is 71.6 Å². The molecule has 1 heterocycles. The largest absolute Gasteiger partial charge is 0.356 e. The zero-order chi connectivity index (χ0) is 13.9. The van der Waals surface area contributed by atoms with Crippen LogP contribution in [0.3, 0.4) is 0 Å². The van der Waals surface area contributed by atoms with Gasteiger partial charge in [0.2, 0.25) is 5.91 Å². The van der Waals surface area contributed by atoms with Gasteiger partial charge in [0.05, 0.1) is 0 Å². The number of nitrogens with one attached hydrogen (secondary N) is 2. The second-order valence-corrected chi connectivity index (χ2v) is 6.07. The standard InChI is InChI=1S/C16H32N2O/c1-3-4-5-6-7-8-9-16(19)18-13-15-11-10-14(2)17-12-15/h14-15,17H,3-13H2,1-2H3,(H,18,19). The van der Waals surface area contributed by atoms with Crippen molar-refractivity contribution in [2.24, 2.45) is 5.92 Å². The molecule has 1 aliphatic heterocycles. The quantitative estimate of drug-likeness (QED) is 0.630. The molecule has 2 unspecified atom stereocenters. The van der Waals surface area contributed by atoms with Crippen molar-refractivity contribution in [3.05, 3.63) is 0 Å². The van der Waals surface area contributed by atoms with E-state index in [0.29, 0.717) is 18.4 Å². The Morgan fingerprint density at radius 2 is 1.89 bits per heavy atom.